The third-order valence-electron chi connectivity index (χ3n) is 4.50. The minimum Gasteiger partial charge on any atom is -0.484 e. The summed E-state index contributed by atoms with van der Waals surface area (Å²) < 4.78 is 77.7. The summed E-state index contributed by atoms with van der Waals surface area (Å²) in [5.74, 6) is -0.984. The Morgan fingerprint density at radius 1 is 1.13 bits per heavy atom. The van der Waals surface area contributed by atoms with E-state index in [1.807, 2.05) is 0 Å². The Hall–Kier alpha value is -2.66. The van der Waals surface area contributed by atoms with Crippen LogP contribution in [0, 0.1) is 5.82 Å². The Morgan fingerprint density at radius 3 is 2.32 bits per heavy atom. The van der Waals surface area contributed by atoms with Crippen molar-refractivity contribution in [2.24, 2.45) is 4.36 Å². The molecule has 170 valence electrons. The van der Waals surface area contributed by atoms with Crippen molar-refractivity contribution >= 4 is 22.5 Å². The minimum absolute atomic E-state index is 0.00845. The molecule has 1 atom stereocenters. The largest absolute Gasteiger partial charge is 0.484 e. The lowest BCUT2D eigenvalue weighted by Gasteiger charge is -2.28. The Labute approximate surface area is 179 Å². The van der Waals surface area contributed by atoms with Gasteiger partial charge in [0.25, 0.3) is 5.91 Å². The highest BCUT2D eigenvalue weighted by molar-refractivity contribution is 7.69. The van der Waals surface area contributed by atoms with Gasteiger partial charge in [0.15, 0.2) is 17.5 Å². The molecule has 0 radical (unpaired) electrons. The molecule has 0 aromatic heterocycles. The molecular formula is C20H22F4N2O4S. The number of thiol groups is 1. The van der Waals surface area contributed by atoms with Gasteiger partial charge in [-0.25, -0.2) is 8.60 Å². The van der Waals surface area contributed by atoms with Crippen molar-refractivity contribution in [1.29, 1.82) is 0 Å². The molecular weight excluding hydrogens is 440 g/mol. The van der Waals surface area contributed by atoms with Gasteiger partial charge in [0.2, 0.25) is 0 Å². The molecule has 0 saturated heterocycles. The summed E-state index contributed by atoms with van der Waals surface area (Å²) in [4.78, 5) is 11.9. The van der Waals surface area contributed by atoms with Gasteiger partial charge < -0.3 is 10.1 Å². The van der Waals surface area contributed by atoms with Crippen molar-refractivity contribution in [3.05, 3.63) is 59.4 Å². The van der Waals surface area contributed by atoms with Gasteiger partial charge in [0, 0.05) is 6.54 Å². The Balaban J connectivity index is 1.89. The number of hydrogen-bond donors (Lipinski definition) is 2. The second-order valence-electron chi connectivity index (χ2n) is 7.02. The van der Waals surface area contributed by atoms with E-state index in [9.17, 15) is 26.6 Å². The topological polar surface area (TPSA) is 77.0 Å². The number of halogens is 4. The van der Waals surface area contributed by atoms with Crippen LogP contribution in [0.3, 0.4) is 0 Å². The van der Waals surface area contributed by atoms with E-state index in [-0.39, 0.29) is 30.2 Å². The molecule has 2 rings (SSSR count). The van der Waals surface area contributed by atoms with Gasteiger partial charge in [-0.3, -0.25) is 8.98 Å². The van der Waals surface area contributed by atoms with Gasteiger partial charge in [-0.1, -0.05) is 18.2 Å². The van der Waals surface area contributed by atoms with Crippen LogP contribution in [0.2, 0.25) is 0 Å². The van der Waals surface area contributed by atoms with E-state index in [4.69, 9.17) is 4.74 Å². The number of nitrogens with one attached hydrogen (secondary N) is 1. The standard InChI is InChI=1S/C20H22F4N2O4S/c1-19(2,20(22,23)24)14-5-7-15(8-6-14)30-12-18(27)25-11-13-4-9-17(16(21)10-13)26-31(28)29-3/h4-10,31H,11-12H2,1-3H3,(H,25,27). The molecule has 0 spiro atoms. The Bertz CT molecular complexity index is 1000. The fourth-order valence-electron chi connectivity index (χ4n) is 2.40. The maximum Gasteiger partial charge on any atom is 0.397 e. The first kappa shape index (κ1) is 24.6. The normalized spacial score (nSPS) is 13.1. The molecule has 0 aliphatic heterocycles. The number of nitrogens with zero attached hydrogens (tertiary/aromatic N) is 1. The van der Waals surface area contributed by atoms with Crippen molar-refractivity contribution in [2.75, 3.05) is 13.7 Å². The van der Waals surface area contributed by atoms with E-state index in [0.29, 0.717) is 5.56 Å². The number of carbonyl (C=O) groups is 1. The van der Waals surface area contributed by atoms with E-state index >= 15 is 0 Å². The summed E-state index contributed by atoms with van der Waals surface area (Å²) in [6.45, 7) is 1.80. The van der Waals surface area contributed by atoms with Crippen LogP contribution in [0.5, 0.6) is 5.75 Å². The molecule has 0 aliphatic rings. The summed E-state index contributed by atoms with van der Waals surface area (Å²) in [5, 5.41) is 2.53. The molecule has 0 saturated carbocycles. The first-order chi connectivity index (χ1) is 14.4. The smallest absolute Gasteiger partial charge is 0.397 e. The van der Waals surface area contributed by atoms with Crippen molar-refractivity contribution in [3.63, 3.8) is 0 Å². The first-order valence-electron chi connectivity index (χ1n) is 9.02. The Morgan fingerprint density at radius 2 is 1.77 bits per heavy atom. The van der Waals surface area contributed by atoms with Crippen LogP contribution < -0.4 is 10.1 Å². The molecule has 31 heavy (non-hydrogen) atoms. The van der Waals surface area contributed by atoms with Crippen molar-refractivity contribution in [1.82, 2.24) is 5.32 Å². The summed E-state index contributed by atoms with van der Waals surface area (Å²) in [6, 6.07) is 9.27. The quantitative estimate of drug-likeness (QED) is 0.455. The molecule has 6 nitrogen and oxygen atoms in total. The van der Waals surface area contributed by atoms with E-state index in [2.05, 4.69) is 13.9 Å². The van der Waals surface area contributed by atoms with Crippen LogP contribution >= 0.6 is 0 Å². The molecule has 1 N–H and O–H groups in total. The summed E-state index contributed by atoms with van der Waals surface area (Å²) in [5.41, 5.74) is -1.63. The molecule has 0 bridgehead atoms. The molecule has 1 unspecified atom stereocenters. The molecule has 2 aromatic rings. The number of benzene rings is 2. The molecule has 0 aliphatic carbocycles. The highest BCUT2D eigenvalue weighted by atomic mass is 32.2. The predicted molar refractivity (Wildman–Crippen MR) is 108 cm³/mol. The number of hydrogen-bond acceptors (Lipinski definition) is 5. The third-order valence-corrected chi connectivity index (χ3v) is 5.19. The predicted octanol–water partition coefficient (Wildman–Crippen LogP) is 4.22. The average molecular weight is 462 g/mol. The Kier molecular flexibility index (Phi) is 8.02. The van der Waals surface area contributed by atoms with Gasteiger partial charge in [-0.2, -0.15) is 17.5 Å². The lowest BCUT2D eigenvalue weighted by atomic mass is 9.84. The second kappa shape index (κ2) is 10.1. The fourth-order valence-corrected chi connectivity index (χ4v) is 2.82. The number of carbonyl (C=O) groups excluding carboxylic acids is 1. The highest BCUT2D eigenvalue weighted by Gasteiger charge is 2.48. The maximum atomic E-state index is 13.9. The lowest BCUT2D eigenvalue weighted by Crippen LogP contribution is -2.36. The molecule has 0 fully saturated rings. The minimum atomic E-state index is -4.40. The fraction of sp³-hybridized carbons (Fsp3) is 0.350. The first-order valence-corrected chi connectivity index (χ1v) is 10.2. The summed E-state index contributed by atoms with van der Waals surface area (Å²) >= 11 is 0. The monoisotopic (exact) mass is 462 g/mol. The number of rotatable bonds is 8. The zero-order valence-electron chi connectivity index (χ0n) is 17.0. The van der Waals surface area contributed by atoms with Crippen LogP contribution in [0.15, 0.2) is 46.8 Å². The van der Waals surface area contributed by atoms with Gasteiger partial charge in [0.05, 0.1) is 12.5 Å². The van der Waals surface area contributed by atoms with E-state index < -0.39 is 34.2 Å². The number of ether oxygens (including phenoxy) is 1. The average Bonchev–Trinajstić information content (AvgIpc) is 2.71. The van der Waals surface area contributed by atoms with Crippen LogP contribution in [0.4, 0.5) is 23.2 Å². The van der Waals surface area contributed by atoms with Gasteiger partial charge in [-0.15, -0.1) is 0 Å². The zero-order valence-corrected chi connectivity index (χ0v) is 17.9. The van der Waals surface area contributed by atoms with Gasteiger partial charge in [0.1, 0.15) is 17.3 Å². The summed E-state index contributed by atoms with van der Waals surface area (Å²) in [6.07, 6.45) is -4.40. The van der Waals surface area contributed by atoms with Crippen molar-refractivity contribution in [3.8, 4) is 5.75 Å². The van der Waals surface area contributed by atoms with Crippen molar-refractivity contribution in [2.45, 2.75) is 32.0 Å². The van der Waals surface area contributed by atoms with E-state index in [1.165, 1.54) is 43.5 Å². The van der Waals surface area contributed by atoms with E-state index in [1.54, 1.807) is 0 Å². The lowest BCUT2D eigenvalue weighted by molar-refractivity contribution is -0.180. The van der Waals surface area contributed by atoms with Crippen LogP contribution in [0.25, 0.3) is 0 Å². The maximum absolute atomic E-state index is 13.9. The number of amides is 1. The summed E-state index contributed by atoms with van der Waals surface area (Å²) in [7, 11) is -1.16. The van der Waals surface area contributed by atoms with Crippen LogP contribution in [-0.2, 0) is 31.8 Å². The van der Waals surface area contributed by atoms with Gasteiger partial charge >= 0.3 is 6.18 Å². The van der Waals surface area contributed by atoms with Gasteiger partial charge in [-0.05, 0) is 49.2 Å². The number of alkyl halides is 3. The van der Waals surface area contributed by atoms with E-state index in [0.717, 1.165) is 19.9 Å². The zero-order chi connectivity index (χ0) is 23.2. The van der Waals surface area contributed by atoms with Crippen LogP contribution in [0.1, 0.15) is 25.0 Å². The molecule has 2 aromatic carbocycles. The SMILES string of the molecule is CO[SH](=O)=Nc1ccc(CNC(=O)COc2ccc(C(C)(C)C(F)(F)F)cc2)cc1F. The van der Waals surface area contributed by atoms with Crippen molar-refractivity contribution < 1.29 is 35.5 Å². The molecule has 11 heteroatoms. The molecule has 1 amide bonds. The second-order valence-corrected chi connectivity index (χ2v) is 8.06. The van der Waals surface area contributed by atoms with Crippen LogP contribution in [-0.4, -0.2) is 30.0 Å². The molecule has 0 heterocycles. The third kappa shape index (κ3) is 6.66. The highest BCUT2D eigenvalue weighted by Crippen LogP contribution is 2.40.